The van der Waals surface area contributed by atoms with E-state index in [0.29, 0.717) is 6.10 Å². The van der Waals surface area contributed by atoms with Crippen LogP contribution < -0.4 is 0 Å². The first-order valence-electron chi connectivity index (χ1n) is 7.37. The van der Waals surface area contributed by atoms with Crippen molar-refractivity contribution >= 4 is 8.32 Å². The van der Waals surface area contributed by atoms with Crippen LogP contribution >= 0.6 is 0 Å². The average molecular weight is 264 g/mol. The molecule has 0 saturated heterocycles. The van der Waals surface area contributed by atoms with Crippen molar-refractivity contribution in [1.82, 2.24) is 0 Å². The molecule has 1 nitrogen and oxygen atoms in total. The van der Waals surface area contributed by atoms with Crippen LogP contribution in [0.3, 0.4) is 0 Å². The van der Waals surface area contributed by atoms with Gasteiger partial charge in [0.25, 0.3) is 0 Å². The lowest BCUT2D eigenvalue weighted by molar-refractivity contribution is 0.196. The van der Waals surface area contributed by atoms with E-state index >= 15 is 0 Å². The van der Waals surface area contributed by atoms with Gasteiger partial charge in [-0.1, -0.05) is 51.1 Å². The highest BCUT2D eigenvalue weighted by molar-refractivity contribution is 6.73. The van der Waals surface area contributed by atoms with E-state index < -0.39 is 8.32 Å². The molecule has 0 fully saturated rings. The summed E-state index contributed by atoms with van der Waals surface area (Å²) in [6.45, 7) is 9.13. The molecule has 1 rings (SSSR count). The lowest BCUT2D eigenvalue weighted by Crippen LogP contribution is -2.39. The smallest absolute Gasteiger partial charge is 0.192 e. The summed E-state index contributed by atoms with van der Waals surface area (Å²) < 4.78 is 6.45. The molecule has 0 aliphatic heterocycles. The Kier molecular flexibility index (Phi) is 6.65. The molecule has 0 bridgehead atoms. The highest BCUT2D eigenvalue weighted by Gasteiger charge is 2.30. The monoisotopic (exact) mass is 264 g/mol. The van der Waals surface area contributed by atoms with E-state index in [1.54, 1.807) is 0 Å². The third kappa shape index (κ3) is 4.58. The van der Waals surface area contributed by atoms with Crippen LogP contribution in [0.4, 0.5) is 0 Å². The van der Waals surface area contributed by atoms with Crippen molar-refractivity contribution < 1.29 is 4.43 Å². The summed E-state index contributed by atoms with van der Waals surface area (Å²) in [4.78, 5) is 0. The Bertz CT molecular complexity index is 311. The Morgan fingerprint density at radius 2 is 1.56 bits per heavy atom. The van der Waals surface area contributed by atoms with Crippen LogP contribution in [0.25, 0.3) is 0 Å². The Morgan fingerprint density at radius 1 is 1.00 bits per heavy atom. The zero-order valence-electron chi connectivity index (χ0n) is 12.4. The van der Waals surface area contributed by atoms with Gasteiger partial charge in [0.1, 0.15) is 0 Å². The minimum absolute atomic E-state index is 0.400. The van der Waals surface area contributed by atoms with Gasteiger partial charge in [0.2, 0.25) is 0 Å². The molecule has 0 spiro atoms. The Hall–Kier alpha value is -0.603. The fourth-order valence-electron chi connectivity index (χ4n) is 2.50. The minimum atomic E-state index is -1.42. The first-order chi connectivity index (χ1) is 8.65. The zero-order chi connectivity index (χ0) is 13.4. The average Bonchev–Trinajstić information content (AvgIpc) is 2.44. The molecule has 0 unspecified atom stereocenters. The van der Waals surface area contributed by atoms with Crippen LogP contribution in [-0.2, 0) is 10.8 Å². The van der Waals surface area contributed by atoms with Crippen LogP contribution in [-0.4, -0.2) is 14.4 Å². The van der Waals surface area contributed by atoms with Crippen LogP contribution in [0.15, 0.2) is 30.3 Å². The van der Waals surface area contributed by atoms with E-state index in [0.717, 1.165) is 12.8 Å². The highest BCUT2D eigenvalue weighted by Crippen LogP contribution is 2.24. The van der Waals surface area contributed by atoms with Crippen LogP contribution in [0, 0.1) is 0 Å². The van der Waals surface area contributed by atoms with E-state index in [-0.39, 0.29) is 0 Å². The molecule has 1 aromatic rings. The van der Waals surface area contributed by atoms with Crippen LogP contribution in [0.2, 0.25) is 18.1 Å². The molecule has 1 atom stereocenters. The molecular formula is C16H28OSi. The minimum Gasteiger partial charge on any atom is -0.414 e. The van der Waals surface area contributed by atoms with Gasteiger partial charge in [-0.25, -0.2) is 0 Å². The molecule has 1 aromatic carbocycles. The van der Waals surface area contributed by atoms with Crippen molar-refractivity contribution in [1.29, 1.82) is 0 Å². The Morgan fingerprint density at radius 3 is 2.06 bits per heavy atom. The third-order valence-corrected chi connectivity index (χ3v) is 8.83. The second-order valence-electron chi connectivity index (χ2n) is 5.20. The molecule has 0 radical (unpaired) electrons. The molecule has 0 aliphatic rings. The normalized spacial score (nSPS) is 13.6. The first kappa shape index (κ1) is 15.5. The molecule has 0 saturated carbocycles. The van der Waals surface area contributed by atoms with Crippen molar-refractivity contribution in [2.45, 2.75) is 64.8 Å². The van der Waals surface area contributed by atoms with Crippen molar-refractivity contribution in [3.63, 3.8) is 0 Å². The Labute approximate surface area is 114 Å². The largest absolute Gasteiger partial charge is 0.414 e. The molecule has 18 heavy (non-hydrogen) atoms. The lowest BCUT2D eigenvalue weighted by Gasteiger charge is -2.31. The fraction of sp³-hybridized carbons (Fsp3) is 0.625. The molecule has 0 amide bonds. The van der Waals surface area contributed by atoms with E-state index in [2.05, 4.69) is 58.0 Å². The lowest BCUT2D eigenvalue weighted by atomic mass is 10.1. The van der Waals surface area contributed by atoms with Crippen LogP contribution in [0.1, 0.15) is 39.7 Å². The highest BCUT2D eigenvalue weighted by atomic mass is 28.4. The maximum absolute atomic E-state index is 6.45. The quantitative estimate of drug-likeness (QED) is 0.598. The molecule has 0 heterocycles. The van der Waals surface area contributed by atoms with Crippen molar-refractivity contribution in [3.05, 3.63) is 35.9 Å². The fourth-order valence-corrected chi connectivity index (χ4v) is 5.47. The number of aryl methyl sites for hydroxylation is 1. The second-order valence-corrected chi connectivity index (χ2v) is 9.92. The number of hydrogen-bond donors (Lipinski definition) is 0. The molecule has 102 valence electrons. The molecule has 2 heteroatoms. The predicted octanol–water partition coefficient (Wildman–Crippen LogP) is 5.03. The molecular weight excluding hydrogens is 236 g/mol. The first-order valence-corrected chi connectivity index (χ1v) is 9.90. The predicted molar refractivity (Wildman–Crippen MR) is 82.5 cm³/mol. The van der Waals surface area contributed by atoms with Gasteiger partial charge in [-0.2, -0.15) is 0 Å². The van der Waals surface area contributed by atoms with E-state index in [1.165, 1.54) is 23.7 Å². The van der Waals surface area contributed by atoms with E-state index in [4.69, 9.17) is 4.43 Å². The summed E-state index contributed by atoms with van der Waals surface area (Å²) in [6, 6.07) is 14.5. The topological polar surface area (TPSA) is 9.23 Å². The van der Waals surface area contributed by atoms with Gasteiger partial charge in [0.15, 0.2) is 8.32 Å². The standard InChI is InChI=1S/C16H28OSi/c1-5-18(6-2,7-3)17-15(4)13-14-16-11-9-8-10-12-16/h8-12,15H,5-7,13-14H2,1-4H3/t15-/m0/s1. The number of rotatable bonds is 8. The van der Waals surface area contributed by atoms with Gasteiger partial charge in [-0.15, -0.1) is 0 Å². The summed E-state index contributed by atoms with van der Waals surface area (Å²) in [5.74, 6) is 0. The third-order valence-electron chi connectivity index (χ3n) is 4.07. The summed E-state index contributed by atoms with van der Waals surface area (Å²) in [5, 5.41) is 0. The van der Waals surface area contributed by atoms with Gasteiger partial charge in [-0.05, 0) is 43.5 Å². The van der Waals surface area contributed by atoms with Crippen LogP contribution in [0.5, 0.6) is 0 Å². The van der Waals surface area contributed by atoms with Gasteiger partial charge in [0, 0.05) is 6.10 Å². The van der Waals surface area contributed by atoms with E-state index in [9.17, 15) is 0 Å². The number of hydrogen-bond acceptors (Lipinski definition) is 1. The Balaban J connectivity index is 2.43. The van der Waals surface area contributed by atoms with Gasteiger partial charge in [0.05, 0.1) is 0 Å². The van der Waals surface area contributed by atoms with Crippen molar-refractivity contribution in [3.8, 4) is 0 Å². The molecule has 0 aliphatic carbocycles. The maximum atomic E-state index is 6.45. The number of benzene rings is 1. The summed E-state index contributed by atoms with van der Waals surface area (Å²) in [5.41, 5.74) is 1.42. The van der Waals surface area contributed by atoms with Crippen molar-refractivity contribution in [2.75, 3.05) is 0 Å². The van der Waals surface area contributed by atoms with Gasteiger partial charge < -0.3 is 4.43 Å². The maximum Gasteiger partial charge on any atom is 0.192 e. The van der Waals surface area contributed by atoms with E-state index in [1.807, 2.05) is 0 Å². The van der Waals surface area contributed by atoms with Crippen molar-refractivity contribution in [2.24, 2.45) is 0 Å². The second kappa shape index (κ2) is 7.75. The SMILES string of the molecule is CC[Si](CC)(CC)O[C@@H](C)CCc1ccccc1. The summed E-state index contributed by atoms with van der Waals surface area (Å²) >= 11 is 0. The molecule has 0 aromatic heterocycles. The molecule has 0 N–H and O–H groups in total. The summed E-state index contributed by atoms with van der Waals surface area (Å²) in [6.07, 6.45) is 2.67. The zero-order valence-corrected chi connectivity index (χ0v) is 13.4. The van der Waals surface area contributed by atoms with Gasteiger partial charge >= 0.3 is 0 Å². The summed E-state index contributed by atoms with van der Waals surface area (Å²) in [7, 11) is -1.42. The van der Waals surface area contributed by atoms with Gasteiger partial charge in [-0.3, -0.25) is 0 Å².